The van der Waals surface area contributed by atoms with Crippen molar-refractivity contribution >= 4 is 29.7 Å². The summed E-state index contributed by atoms with van der Waals surface area (Å²) in [6.07, 6.45) is -0.618. The summed E-state index contributed by atoms with van der Waals surface area (Å²) < 4.78 is 0. The summed E-state index contributed by atoms with van der Waals surface area (Å²) in [5, 5.41) is 26.1. The number of carbonyl (C=O) groups excluding carboxylic acids is 3. The molecule has 0 aliphatic carbocycles. The standard InChI is InChI=1S/C18H35N7O6/c1-8(2)12(17(30)31)24-14(27)9(3)23-16(29)13(10(4)26)25-15(28)11(19)6-5-7-22-18(20)21/h8-13,26H,5-7,19H2,1-4H3,(H,23,29)(H,24,27)(H,25,28)(H,30,31)(H4,20,21,22). The molecule has 0 spiro atoms. The Bertz CT molecular complexity index is 664. The zero-order valence-corrected chi connectivity index (χ0v) is 18.3. The van der Waals surface area contributed by atoms with Crippen molar-refractivity contribution in [3.8, 4) is 0 Å². The number of aliphatic carboxylic acids is 1. The predicted molar refractivity (Wildman–Crippen MR) is 114 cm³/mol. The second kappa shape index (κ2) is 13.4. The van der Waals surface area contributed by atoms with E-state index in [0.717, 1.165) is 0 Å². The molecule has 0 saturated heterocycles. The first kappa shape index (κ1) is 28.1. The van der Waals surface area contributed by atoms with Crippen molar-refractivity contribution in [2.45, 2.75) is 70.8 Å². The lowest BCUT2D eigenvalue weighted by Crippen LogP contribution is -2.59. The average molecular weight is 446 g/mol. The van der Waals surface area contributed by atoms with Crippen molar-refractivity contribution in [2.24, 2.45) is 28.1 Å². The molecule has 0 aromatic carbocycles. The molecule has 0 saturated carbocycles. The maximum Gasteiger partial charge on any atom is 0.326 e. The van der Waals surface area contributed by atoms with E-state index in [1.807, 2.05) is 0 Å². The van der Waals surface area contributed by atoms with Gasteiger partial charge in [0.05, 0.1) is 12.1 Å². The van der Waals surface area contributed by atoms with Crippen LogP contribution in [0.5, 0.6) is 0 Å². The first-order valence-corrected chi connectivity index (χ1v) is 9.90. The van der Waals surface area contributed by atoms with Gasteiger partial charge in [0.2, 0.25) is 17.7 Å². The van der Waals surface area contributed by atoms with Crippen LogP contribution >= 0.6 is 0 Å². The molecular formula is C18H35N7O6. The fourth-order valence-electron chi connectivity index (χ4n) is 2.48. The molecule has 13 heteroatoms. The molecule has 178 valence electrons. The molecule has 3 amide bonds. The third kappa shape index (κ3) is 10.6. The van der Waals surface area contributed by atoms with Crippen molar-refractivity contribution in [3.63, 3.8) is 0 Å². The molecule has 13 nitrogen and oxygen atoms in total. The average Bonchev–Trinajstić information content (AvgIpc) is 2.65. The van der Waals surface area contributed by atoms with Crippen LogP contribution in [-0.4, -0.2) is 76.7 Å². The van der Waals surface area contributed by atoms with Crippen molar-refractivity contribution < 1.29 is 29.4 Å². The molecule has 11 N–H and O–H groups in total. The van der Waals surface area contributed by atoms with E-state index in [2.05, 4.69) is 20.9 Å². The Kier molecular flexibility index (Phi) is 12.1. The largest absolute Gasteiger partial charge is 0.480 e. The molecule has 0 bridgehead atoms. The van der Waals surface area contributed by atoms with Gasteiger partial charge in [-0.25, -0.2) is 4.79 Å². The Morgan fingerprint density at radius 3 is 1.90 bits per heavy atom. The lowest BCUT2D eigenvalue weighted by Gasteiger charge is -2.25. The predicted octanol–water partition coefficient (Wildman–Crippen LogP) is -3.04. The molecule has 0 fully saturated rings. The Morgan fingerprint density at radius 1 is 0.903 bits per heavy atom. The third-order valence-electron chi connectivity index (χ3n) is 4.35. The number of nitrogens with zero attached hydrogens (tertiary/aromatic N) is 1. The van der Waals surface area contributed by atoms with Gasteiger partial charge in [0.15, 0.2) is 5.96 Å². The second-order valence-corrected chi connectivity index (χ2v) is 7.58. The number of amides is 3. The molecule has 0 radical (unpaired) electrons. The lowest BCUT2D eigenvalue weighted by atomic mass is 10.0. The van der Waals surface area contributed by atoms with Crippen LogP contribution in [0.25, 0.3) is 0 Å². The van der Waals surface area contributed by atoms with Crippen LogP contribution in [-0.2, 0) is 19.2 Å². The van der Waals surface area contributed by atoms with Crippen molar-refractivity contribution in [1.82, 2.24) is 16.0 Å². The molecule has 0 rings (SSSR count). The Morgan fingerprint density at radius 2 is 1.45 bits per heavy atom. The molecular weight excluding hydrogens is 410 g/mol. The summed E-state index contributed by atoms with van der Waals surface area (Å²) in [6, 6.07) is -4.58. The van der Waals surface area contributed by atoms with Gasteiger partial charge >= 0.3 is 5.97 Å². The maximum atomic E-state index is 12.5. The minimum atomic E-state index is -1.37. The Hall–Kier alpha value is -2.93. The van der Waals surface area contributed by atoms with Crippen molar-refractivity contribution in [1.29, 1.82) is 0 Å². The van der Waals surface area contributed by atoms with Crippen LogP contribution in [0.3, 0.4) is 0 Å². The van der Waals surface area contributed by atoms with Gasteiger partial charge in [-0.2, -0.15) is 0 Å². The fourth-order valence-corrected chi connectivity index (χ4v) is 2.48. The third-order valence-corrected chi connectivity index (χ3v) is 4.35. The van der Waals surface area contributed by atoms with E-state index >= 15 is 0 Å². The highest BCUT2D eigenvalue weighted by Crippen LogP contribution is 2.03. The molecule has 0 aromatic heterocycles. The van der Waals surface area contributed by atoms with Gasteiger partial charge in [0, 0.05) is 6.54 Å². The zero-order valence-electron chi connectivity index (χ0n) is 18.3. The highest BCUT2D eigenvalue weighted by Gasteiger charge is 2.31. The van der Waals surface area contributed by atoms with Gasteiger partial charge in [-0.3, -0.25) is 19.4 Å². The van der Waals surface area contributed by atoms with Crippen LogP contribution in [0, 0.1) is 5.92 Å². The molecule has 0 aromatic rings. The number of nitrogens with one attached hydrogen (secondary N) is 3. The second-order valence-electron chi connectivity index (χ2n) is 7.58. The summed E-state index contributed by atoms with van der Waals surface area (Å²) in [7, 11) is 0. The monoisotopic (exact) mass is 445 g/mol. The highest BCUT2D eigenvalue weighted by molar-refractivity contribution is 5.94. The SMILES string of the molecule is CC(NC(=O)C(NC(=O)C(N)CCCN=C(N)N)C(C)O)C(=O)NC(C(=O)O)C(C)C. The number of hydrogen-bond acceptors (Lipinski definition) is 7. The van der Waals surface area contributed by atoms with Crippen LogP contribution in [0.4, 0.5) is 0 Å². The number of nitrogens with two attached hydrogens (primary N) is 3. The van der Waals surface area contributed by atoms with Gasteiger partial charge in [-0.15, -0.1) is 0 Å². The van der Waals surface area contributed by atoms with Crippen LogP contribution in [0.15, 0.2) is 4.99 Å². The minimum absolute atomic E-state index is 0.0786. The zero-order chi connectivity index (χ0) is 24.3. The molecule has 5 unspecified atom stereocenters. The lowest BCUT2D eigenvalue weighted by molar-refractivity contribution is -0.143. The van der Waals surface area contributed by atoms with Crippen LogP contribution < -0.4 is 33.2 Å². The summed E-state index contributed by atoms with van der Waals surface area (Å²) in [4.78, 5) is 51.9. The Labute approximate surface area is 181 Å². The molecule has 5 atom stereocenters. The smallest absolute Gasteiger partial charge is 0.326 e. The maximum absolute atomic E-state index is 12.5. The number of rotatable bonds is 13. The summed E-state index contributed by atoms with van der Waals surface area (Å²) in [6.45, 7) is 6.18. The Balaban J connectivity index is 4.89. The van der Waals surface area contributed by atoms with E-state index in [1.54, 1.807) is 13.8 Å². The first-order valence-electron chi connectivity index (χ1n) is 9.90. The van der Waals surface area contributed by atoms with Crippen LogP contribution in [0.1, 0.15) is 40.5 Å². The number of carboxylic acid groups (broad SMARTS) is 1. The van der Waals surface area contributed by atoms with Gasteiger partial charge in [-0.05, 0) is 32.6 Å². The first-order chi connectivity index (χ1) is 14.3. The normalized spacial score (nSPS) is 15.7. The summed E-state index contributed by atoms with van der Waals surface area (Å²) in [5.41, 5.74) is 16.2. The number of aliphatic imine (C=N–C) groups is 1. The summed E-state index contributed by atoms with van der Waals surface area (Å²) >= 11 is 0. The number of hydrogen-bond donors (Lipinski definition) is 8. The molecule has 0 heterocycles. The quantitative estimate of drug-likeness (QED) is 0.0815. The van der Waals surface area contributed by atoms with Crippen molar-refractivity contribution in [2.75, 3.05) is 6.54 Å². The molecule has 0 aliphatic rings. The van der Waals surface area contributed by atoms with E-state index in [1.165, 1.54) is 13.8 Å². The van der Waals surface area contributed by atoms with Gasteiger partial charge in [-0.1, -0.05) is 13.8 Å². The molecule has 0 aliphatic heterocycles. The van der Waals surface area contributed by atoms with E-state index in [9.17, 15) is 24.3 Å². The number of aliphatic hydroxyl groups excluding tert-OH is 1. The number of aliphatic hydroxyl groups is 1. The minimum Gasteiger partial charge on any atom is -0.480 e. The van der Waals surface area contributed by atoms with Crippen molar-refractivity contribution in [3.05, 3.63) is 0 Å². The number of guanidine groups is 1. The topological polar surface area (TPSA) is 235 Å². The van der Waals surface area contributed by atoms with E-state index in [-0.39, 0.29) is 24.8 Å². The number of carbonyl (C=O) groups is 4. The summed E-state index contributed by atoms with van der Waals surface area (Å²) in [5.74, 6) is -3.87. The molecule has 31 heavy (non-hydrogen) atoms. The number of carboxylic acids is 1. The fraction of sp³-hybridized carbons (Fsp3) is 0.722. The van der Waals surface area contributed by atoms with E-state index < -0.39 is 54.0 Å². The van der Waals surface area contributed by atoms with E-state index in [0.29, 0.717) is 6.42 Å². The van der Waals surface area contributed by atoms with Gasteiger partial charge in [0.25, 0.3) is 0 Å². The van der Waals surface area contributed by atoms with E-state index in [4.69, 9.17) is 22.3 Å². The van der Waals surface area contributed by atoms with Gasteiger partial charge in [0.1, 0.15) is 18.1 Å². The van der Waals surface area contributed by atoms with Gasteiger partial charge < -0.3 is 43.4 Å². The highest BCUT2D eigenvalue weighted by atomic mass is 16.4. The van der Waals surface area contributed by atoms with Crippen LogP contribution in [0.2, 0.25) is 0 Å².